The molecule has 0 bridgehead atoms. The van der Waals surface area contributed by atoms with Crippen LogP contribution in [0.2, 0.25) is 0 Å². The van der Waals surface area contributed by atoms with E-state index in [2.05, 4.69) is 10.6 Å². The van der Waals surface area contributed by atoms with Crippen molar-refractivity contribution in [1.29, 1.82) is 0 Å². The van der Waals surface area contributed by atoms with Crippen molar-refractivity contribution in [3.05, 3.63) is 53.6 Å². The molecular weight excluding hydrogens is 432 g/mol. The molecule has 0 radical (unpaired) electrons. The predicted molar refractivity (Wildman–Crippen MR) is 121 cm³/mol. The zero-order valence-corrected chi connectivity index (χ0v) is 18.7. The average Bonchev–Trinajstić information content (AvgIpc) is 3.25. The molecule has 3 amide bonds. The maximum atomic E-state index is 13.2. The summed E-state index contributed by atoms with van der Waals surface area (Å²) in [5.74, 6) is -0.405. The van der Waals surface area contributed by atoms with Gasteiger partial charge in [-0.05, 0) is 48.4 Å². The number of nitrogens with one attached hydrogen (secondary N) is 2. The van der Waals surface area contributed by atoms with Gasteiger partial charge in [0.1, 0.15) is 0 Å². The number of ether oxygens (including phenoxy) is 1. The largest absolute Gasteiger partial charge is 0.379 e. The molecule has 4 rings (SSSR count). The van der Waals surface area contributed by atoms with Crippen LogP contribution in [0.1, 0.15) is 22.8 Å². The third-order valence-corrected chi connectivity index (χ3v) is 7.57. The Morgan fingerprint density at radius 2 is 1.81 bits per heavy atom. The molecular formula is C22H26N4O5S. The van der Waals surface area contributed by atoms with Crippen LogP contribution < -0.4 is 15.5 Å². The predicted octanol–water partition coefficient (Wildman–Crippen LogP) is 2.05. The van der Waals surface area contributed by atoms with Crippen molar-refractivity contribution in [3.8, 4) is 0 Å². The number of morpholine rings is 1. The zero-order valence-electron chi connectivity index (χ0n) is 17.8. The van der Waals surface area contributed by atoms with E-state index in [1.165, 1.54) is 10.4 Å². The molecule has 2 N–H and O–H groups in total. The first-order valence-electron chi connectivity index (χ1n) is 10.6. The summed E-state index contributed by atoms with van der Waals surface area (Å²) in [6.45, 7) is 4.38. The number of anilines is 2. The SMILES string of the molecule is CCc1ccc(C(=O)Nc2ccc(N3CCNC3=O)cc2)cc1S(=O)(=O)N1CCOCC1. The second-order valence-electron chi connectivity index (χ2n) is 7.58. The third kappa shape index (κ3) is 4.47. The Morgan fingerprint density at radius 1 is 1.09 bits per heavy atom. The second kappa shape index (κ2) is 9.27. The van der Waals surface area contributed by atoms with Gasteiger partial charge in [0.15, 0.2) is 0 Å². The molecule has 0 spiro atoms. The molecule has 2 fully saturated rings. The number of rotatable bonds is 6. The molecule has 2 saturated heterocycles. The molecule has 2 aromatic carbocycles. The van der Waals surface area contributed by atoms with E-state index < -0.39 is 15.9 Å². The Labute approximate surface area is 187 Å². The standard InChI is InChI=1S/C22H26N4O5S/c1-2-16-3-4-17(15-20(16)32(29,30)25-11-13-31-14-12-25)21(27)24-18-5-7-19(8-6-18)26-10-9-23-22(26)28/h3-8,15H,2,9-14H2,1H3,(H,23,28)(H,24,27). The number of nitrogens with zero attached hydrogens (tertiary/aromatic N) is 2. The Bertz CT molecular complexity index is 1110. The first-order chi connectivity index (χ1) is 15.4. The van der Waals surface area contributed by atoms with Gasteiger partial charge in [-0.3, -0.25) is 9.69 Å². The highest BCUT2D eigenvalue weighted by atomic mass is 32.2. The lowest BCUT2D eigenvalue weighted by molar-refractivity contribution is 0.0730. The van der Waals surface area contributed by atoms with Gasteiger partial charge in [0, 0.05) is 43.1 Å². The highest BCUT2D eigenvalue weighted by Crippen LogP contribution is 2.25. The summed E-state index contributed by atoms with van der Waals surface area (Å²) in [4.78, 5) is 26.4. The molecule has 32 heavy (non-hydrogen) atoms. The van der Waals surface area contributed by atoms with Crippen LogP contribution >= 0.6 is 0 Å². The minimum atomic E-state index is -3.72. The molecule has 170 valence electrons. The summed E-state index contributed by atoms with van der Waals surface area (Å²) in [6, 6.07) is 11.6. The summed E-state index contributed by atoms with van der Waals surface area (Å²) in [5, 5.41) is 5.54. The number of aryl methyl sites for hydroxylation is 1. The smallest absolute Gasteiger partial charge is 0.321 e. The number of hydrogen-bond acceptors (Lipinski definition) is 5. The monoisotopic (exact) mass is 458 g/mol. The first kappa shape index (κ1) is 22.3. The maximum Gasteiger partial charge on any atom is 0.321 e. The lowest BCUT2D eigenvalue weighted by Crippen LogP contribution is -2.41. The molecule has 0 aliphatic carbocycles. The maximum absolute atomic E-state index is 13.2. The van der Waals surface area contributed by atoms with Crippen LogP contribution in [0.25, 0.3) is 0 Å². The molecule has 10 heteroatoms. The van der Waals surface area contributed by atoms with Crippen LogP contribution in [-0.4, -0.2) is 64.1 Å². The second-order valence-corrected chi connectivity index (χ2v) is 9.48. The van der Waals surface area contributed by atoms with Crippen molar-refractivity contribution in [1.82, 2.24) is 9.62 Å². The molecule has 0 aromatic heterocycles. The van der Waals surface area contributed by atoms with E-state index in [-0.39, 0.29) is 16.5 Å². The number of sulfonamides is 1. The van der Waals surface area contributed by atoms with Gasteiger partial charge >= 0.3 is 6.03 Å². The summed E-state index contributed by atoms with van der Waals surface area (Å²) in [6.07, 6.45) is 0.534. The summed E-state index contributed by atoms with van der Waals surface area (Å²) in [7, 11) is -3.72. The van der Waals surface area contributed by atoms with Crippen LogP contribution in [0, 0.1) is 0 Å². The first-order valence-corrected chi connectivity index (χ1v) is 12.0. The van der Waals surface area contributed by atoms with Gasteiger partial charge in [0.05, 0.1) is 18.1 Å². The highest BCUT2D eigenvalue weighted by molar-refractivity contribution is 7.89. The number of benzene rings is 2. The fourth-order valence-electron chi connectivity index (χ4n) is 3.80. The van der Waals surface area contributed by atoms with Gasteiger partial charge in [0.2, 0.25) is 10.0 Å². The highest BCUT2D eigenvalue weighted by Gasteiger charge is 2.29. The van der Waals surface area contributed by atoms with E-state index in [9.17, 15) is 18.0 Å². The minimum Gasteiger partial charge on any atom is -0.379 e. The molecule has 2 heterocycles. The van der Waals surface area contributed by atoms with Crippen molar-refractivity contribution in [2.24, 2.45) is 0 Å². The van der Waals surface area contributed by atoms with Crippen LogP contribution in [0.5, 0.6) is 0 Å². The third-order valence-electron chi connectivity index (χ3n) is 5.59. The van der Waals surface area contributed by atoms with Crippen molar-refractivity contribution in [2.75, 3.05) is 49.6 Å². The number of carbonyl (C=O) groups is 2. The van der Waals surface area contributed by atoms with Crippen molar-refractivity contribution >= 4 is 33.3 Å². The van der Waals surface area contributed by atoms with Crippen molar-refractivity contribution in [3.63, 3.8) is 0 Å². The van der Waals surface area contributed by atoms with Crippen LogP contribution in [0.3, 0.4) is 0 Å². The van der Waals surface area contributed by atoms with Gasteiger partial charge in [-0.2, -0.15) is 4.31 Å². The molecule has 0 atom stereocenters. The number of hydrogen-bond donors (Lipinski definition) is 2. The van der Waals surface area contributed by atoms with Crippen molar-refractivity contribution in [2.45, 2.75) is 18.2 Å². The Morgan fingerprint density at radius 3 is 2.44 bits per heavy atom. The van der Waals surface area contributed by atoms with E-state index in [0.717, 1.165) is 5.69 Å². The van der Waals surface area contributed by atoms with Gasteiger partial charge in [0.25, 0.3) is 5.91 Å². The quantitative estimate of drug-likeness (QED) is 0.689. The van der Waals surface area contributed by atoms with Gasteiger partial charge in [-0.15, -0.1) is 0 Å². The molecule has 2 aliphatic rings. The fourth-order valence-corrected chi connectivity index (χ4v) is 5.53. The Kier molecular flexibility index (Phi) is 6.45. The lowest BCUT2D eigenvalue weighted by Gasteiger charge is -2.27. The fraction of sp³-hybridized carbons (Fsp3) is 0.364. The normalized spacial score (nSPS) is 17.3. The summed E-state index contributed by atoms with van der Waals surface area (Å²) in [5.41, 5.74) is 2.22. The van der Waals surface area contributed by atoms with E-state index >= 15 is 0 Å². The summed E-state index contributed by atoms with van der Waals surface area (Å²) < 4.78 is 33.1. The Balaban J connectivity index is 1.54. The lowest BCUT2D eigenvalue weighted by atomic mass is 10.1. The molecule has 0 unspecified atom stereocenters. The van der Waals surface area contributed by atoms with E-state index in [1.54, 1.807) is 41.3 Å². The van der Waals surface area contributed by atoms with Crippen molar-refractivity contribution < 1.29 is 22.7 Å². The van der Waals surface area contributed by atoms with E-state index in [1.807, 2.05) is 6.92 Å². The molecule has 2 aromatic rings. The van der Waals surface area contributed by atoms with Gasteiger partial charge < -0.3 is 15.4 Å². The number of amides is 3. The van der Waals surface area contributed by atoms with Gasteiger partial charge in [-0.1, -0.05) is 13.0 Å². The molecule has 0 saturated carbocycles. The topological polar surface area (TPSA) is 108 Å². The molecule has 2 aliphatic heterocycles. The minimum absolute atomic E-state index is 0.146. The zero-order chi connectivity index (χ0) is 22.7. The van der Waals surface area contributed by atoms with Crippen LogP contribution in [0.4, 0.5) is 16.2 Å². The average molecular weight is 459 g/mol. The number of urea groups is 1. The van der Waals surface area contributed by atoms with E-state index in [0.29, 0.717) is 57.1 Å². The molecule has 9 nitrogen and oxygen atoms in total. The van der Waals surface area contributed by atoms with E-state index in [4.69, 9.17) is 4.74 Å². The van der Waals surface area contributed by atoms with Crippen LogP contribution in [-0.2, 0) is 21.2 Å². The summed E-state index contributed by atoms with van der Waals surface area (Å²) >= 11 is 0. The van der Waals surface area contributed by atoms with Gasteiger partial charge in [-0.25, -0.2) is 13.2 Å². The Hall–Kier alpha value is -2.95. The number of carbonyl (C=O) groups excluding carboxylic acids is 2. The van der Waals surface area contributed by atoms with Crippen LogP contribution in [0.15, 0.2) is 47.4 Å².